The summed E-state index contributed by atoms with van der Waals surface area (Å²) in [5.74, 6) is 0.617. The average Bonchev–Trinajstić information content (AvgIpc) is 2.82. The third-order valence-electron chi connectivity index (χ3n) is 3.55. The molecule has 1 N–H and O–H groups in total. The van der Waals surface area contributed by atoms with E-state index in [2.05, 4.69) is 5.16 Å². The van der Waals surface area contributed by atoms with Crippen LogP contribution < -0.4 is 9.64 Å². The Morgan fingerprint density at radius 2 is 2.09 bits per heavy atom. The van der Waals surface area contributed by atoms with Crippen molar-refractivity contribution in [3.63, 3.8) is 0 Å². The van der Waals surface area contributed by atoms with E-state index in [1.807, 2.05) is 43.0 Å². The van der Waals surface area contributed by atoms with E-state index in [9.17, 15) is 4.79 Å². The molecule has 2 aromatic rings. The predicted octanol–water partition coefficient (Wildman–Crippen LogP) is 2.78. The average molecular weight is 304 g/mol. The normalized spacial score (nSPS) is 10.5. The van der Waals surface area contributed by atoms with E-state index in [0.29, 0.717) is 18.8 Å². The van der Waals surface area contributed by atoms with Crippen molar-refractivity contribution in [2.45, 2.75) is 26.8 Å². The zero-order valence-corrected chi connectivity index (χ0v) is 13.0. The number of ether oxygens (including phenoxy) is 1. The molecule has 0 aliphatic rings. The second kappa shape index (κ2) is 6.98. The van der Waals surface area contributed by atoms with Crippen molar-refractivity contribution >= 4 is 11.7 Å². The minimum Gasteiger partial charge on any atom is -0.495 e. The first kappa shape index (κ1) is 15.9. The van der Waals surface area contributed by atoms with Crippen molar-refractivity contribution in [3.05, 3.63) is 41.3 Å². The van der Waals surface area contributed by atoms with E-state index in [1.54, 1.807) is 7.11 Å². The van der Waals surface area contributed by atoms with Gasteiger partial charge in [0.15, 0.2) is 0 Å². The van der Waals surface area contributed by atoms with Gasteiger partial charge in [-0.05, 0) is 26.0 Å². The summed E-state index contributed by atoms with van der Waals surface area (Å²) in [6, 6.07) is 7.56. The van der Waals surface area contributed by atoms with Gasteiger partial charge in [0.05, 0.1) is 24.9 Å². The fraction of sp³-hybridized carbons (Fsp3) is 0.375. The van der Waals surface area contributed by atoms with Crippen LogP contribution in [0.25, 0.3) is 0 Å². The van der Waals surface area contributed by atoms with Crippen LogP contribution in [0, 0.1) is 13.8 Å². The molecule has 0 aliphatic carbocycles. The third kappa shape index (κ3) is 3.58. The van der Waals surface area contributed by atoms with E-state index in [0.717, 1.165) is 22.7 Å². The molecule has 0 spiro atoms. The molecule has 2 rings (SSSR count). The highest BCUT2D eigenvalue weighted by Gasteiger charge is 2.18. The standard InChI is InChI=1S/C16H20N2O4/c1-11-13(12(2)22-17-11)10-18(9-8-16(19)20)14-6-4-5-7-15(14)21-3/h4-7H,8-10H2,1-3H3,(H,19,20). The number of carboxylic acid groups (broad SMARTS) is 1. The number of carboxylic acids is 1. The molecule has 0 bridgehead atoms. The molecule has 0 amide bonds. The Balaban J connectivity index is 2.32. The van der Waals surface area contributed by atoms with Crippen LogP contribution in [0.15, 0.2) is 28.8 Å². The minimum atomic E-state index is -0.835. The number of para-hydroxylation sites is 2. The molecule has 0 radical (unpaired) electrons. The monoisotopic (exact) mass is 304 g/mol. The minimum absolute atomic E-state index is 0.0431. The van der Waals surface area contributed by atoms with Crippen LogP contribution >= 0.6 is 0 Å². The number of aryl methyl sites for hydroxylation is 2. The summed E-state index contributed by atoms with van der Waals surface area (Å²) < 4.78 is 10.6. The van der Waals surface area contributed by atoms with Crippen molar-refractivity contribution in [1.82, 2.24) is 5.16 Å². The number of rotatable bonds is 7. The number of anilines is 1. The molecule has 1 aromatic heterocycles. The molecular weight excluding hydrogens is 284 g/mol. The van der Waals surface area contributed by atoms with Crippen molar-refractivity contribution < 1.29 is 19.2 Å². The molecule has 0 aliphatic heterocycles. The van der Waals surface area contributed by atoms with Gasteiger partial charge in [-0.15, -0.1) is 0 Å². The number of nitrogens with zero attached hydrogens (tertiary/aromatic N) is 2. The number of hydrogen-bond donors (Lipinski definition) is 1. The summed E-state index contributed by atoms with van der Waals surface area (Å²) in [5.41, 5.74) is 2.63. The second-order valence-electron chi connectivity index (χ2n) is 5.04. The Bertz CT molecular complexity index is 632. The lowest BCUT2D eigenvalue weighted by Crippen LogP contribution is -2.26. The maximum absolute atomic E-state index is 10.9. The van der Waals surface area contributed by atoms with Crippen LogP contribution in [0.3, 0.4) is 0 Å². The maximum atomic E-state index is 10.9. The van der Waals surface area contributed by atoms with E-state index >= 15 is 0 Å². The Hall–Kier alpha value is -2.50. The summed E-state index contributed by atoms with van der Waals surface area (Å²) in [7, 11) is 1.60. The number of hydrogen-bond acceptors (Lipinski definition) is 5. The highest BCUT2D eigenvalue weighted by atomic mass is 16.5. The van der Waals surface area contributed by atoms with E-state index < -0.39 is 5.97 Å². The van der Waals surface area contributed by atoms with Gasteiger partial charge in [-0.1, -0.05) is 17.3 Å². The van der Waals surface area contributed by atoms with Gasteiger partial charge in [0, 0.05) is 18.7 Å². The fourth-order valence-corrected chi connectivity index (χ4v) is 2.32. The smallest absolute Gasteiger partial charge is 0.305 e. The Kier molecular flexibility index (Phi) is 5.04. The number of carbonyl (C=O) groups is 1. The predicted molar refractivity (Wildman–Crippen MR) is 82.3 cm³/mol. The van der Waals surface area contributed by atoms with Gasteiger partial charge in [-0.2, -0.15) is 0 Å². The molecule has 0 fully saturated rings. The van der Waals surface area contributed by atoms with E-state index in [1.165, 1.54) is 0 Å². The highest BCUT2D eigenvalue weighted by Crippen LogP contribution is 2.30. The molecule has 118 valence electrons. The number of methoxy groups -OCH3 is 1. The summed E-state index contributed by atoms with van der Waals surface area (Å²) in [6.45, 7) is 4.63. The van der Waals surface area contributed by atoms with Gasteiger partial charge < -0.3 is 19.3 Å². The zero-order chi connectivity index (χ0) is 16.1. The lowest BCUT2D eigenvalue weighted by molar-refractivity contribution is -0.136. The number of aliphatic carboxylic acids is 1. The molecule has 0 unspecified atom stereocenters. The van der Waals surface area contributed by atoms with Crippen molar-refractivity contribution in [1.29, 1.82) is 0 Å². The maximum Gasteiger partial charge on any atom is 0.305 e. The van der Waals surface area contributed by atoms with Crippen molar-refractivity contribution in [2.24, 2.45) is 0 Å². The van der Waals surface area contributed by atoms with Crippen molar-refractivity contribution in [2.75, 3.05) is 18.6 Å². The largest absolute Gasteiger partial charge is 0.495 e. The Morgan fingerprint density at radius 1 is 1.36 bits per heavy atom. The third-order valence-corrected chi connectivity index (χ3v) is 3.55. The van der Waals surface area contributed by atoms with Gasteiger partial charge in [0.1, 0.15) is 11.5 Å². The lowest BCUT2D eigenvalue weighted by Gasteiger charge is -2.26. The van der Waals surface area contributed by atoms with Crippen LogP contribution in [-0.4, -0.2) is 29.9 Å². The highest BCUT2D eigenvalue weighted by molar-refractivity contribution is 5.68. The topological polar surface area (TPSA) is 75.8 Å². The quantitative estimate of drug-likeness (QED) is 0.847. The van der Waals surface area contributed by atoms with Gasteiger partial charge in [0.25, 0.3) is 0 Å². The summed E-state index contributed by atoms with van der Waals surface area (Å²) in [4.78, 5) is 12.9. The van der Waals surface area contributed by atoms with Crippen LogP contribution in [0.1, 0.15) is 23.4 Å². The van der Waals surface area contributed by atoms with Crippen LogP contribution in [0.2, 0.25) is 0 Å². The summed E-state index contributed by atoms with van der Waals surface area (Å²) in [5, 5.41) is 12.9. The molecule has 0 saturated carbocycles. The molecule has 1 heterocycles. The molecule has 1 aromatic carbocycles. The first-order chi connectivity index (χ1) is 10.5. The first-order valence-electron chi connectivity index (χ1n) is 7.04. The van der Waals surface area contributed by atoms with Crippen LogP contribution in [0.4, 0.5) is 5.69 Å². The van der Waals surface area contributed by atoms with E-state index in [-0.39, 0.29) is 6.42 Å². The molecule has 22 heavy (non-hydrogen) atoms. The van der Waals surface area contributed by atoms with Gasteiger partial charge in [-0.25, -0.2) is 0 Å². The van der Waals surface area contributed by atoms with Gasteiger partial charge >= 0.3 is 5.97 Å². The van der Waals surface area contributed by atoms with E-state index in [4.69, 9.17) is 14.4 Å². The fourth-order valence-electron chi connectivity index (χ4n) is 2.32. The molecule has 6 heteroatoms. The first-order valence-corrected chi connectivity index (χ1v) is 7.04. The van der Waals surface area contributed by atoms with Crippen LogP contribution in [0.5, 0.6) is 5.75 Å². The van der Waals surface area contributed by atoms with Crippen molar-refractivity contribution in [3.8, 4) is 5.75 Å². The molecule has 6 nitrogen and oxygen atoms in total. The molecule has 0 saturated heterocycles. The molecule has 0 atom stereocenters. The Morgan fingerprint density at radius 3 is 2.68 bits per heavy atom. The number of aromatic nitrogens is 1. The van der Waals surface area contributed by atoms with Gasteiger partial charge in [0.2, 0.25) is 0 Å². The van der Waals surface area contributed by atoms with Crippen LogP contribution in [-0.2, 0) is 11.3 Å². The molecular formula is C16H20N2O4. The zero-order valence-electron chi connectivity index (χ0n) is 13.0. The summed E-state index contributed by atoms with van der Waals surface area (Å²) >= 11 is 0. The lowest BCUT2D eigenvalue weighted by atomic mass is 10.1. The summed E-state index contributed by atoms with van der Waals surface area (Å²) in [6.07, 6.45) is 0.0431. The SMILES string of the molecule is COc1ccccc1N(CCC(=O)O)Cc1c(C)noc1C. The number of benzene rings is 1. The van der Waals surface area contributed by atoms with Gasteiger partial charge in [-0.3, -0.25) is 4.79 Å². The Labute approximate surface area is 129 Å². The second-order valence-corrected chi connectivity index (χ2v) is 5.04.